The van der Waals surface area contributed by atoms with Crippen molar-refractivity contribution in [2.75, 3.05) is 26.2 Å². The van der Waals surface area contributed by atoms with Crippen LogP contribution in [0.4, 0.5) is 4.79 Å². The largest absolute Gasteiger partial charge is 0.415 e. The minimum Gasteiger partial charge on any atom is -0.410 e. The number of hydrogen-bond donors (Lipinski definition) is 2. The summed E-state index contributed by atoms with van der Waals surface area (Å²) < 4.78 is 5.22. The van der Waals surface area contributed by atoms with Gasteiger partial charge in [0.15, 0.2) is 0 Å². The molecule has 1 amide bonds. The summed E-state index contributed by atoms with van der Waals surface area (Å²) >= 11 is 0. The van der Waals surface area contributed by atoms with Gasteiger partial charge in [-0.3, -0.25) is 0 Å². The summed E-state index contributed by atoms with van der Waals surface area (Å²) in [6, 6.07) is 8.91. The third-order valence-electron chi connectivity index (χ3n) is 2.68. The Morgan fingerprint density at radius 2 is 2.24 bits per heavy atom. The van der Waals surface area contributed by atoms with E-state index in [-0.39, 0.29) is 18.7 Å². The van der Waals surface area contributed by atoms with Crippen molar-refractivity contribution in [2.45, 2.75) is 6.04 Å². The van der Waals surface area contributed by atoms with Crippen LogP contribution in [0.25, 0.3) is 0 Å². The van der Waals surface area contributed by atoms with Crippen LogP contribution in [0, 0.1) is 0 Å². The van der Waals surface area contributed by atoms with E-state index in [1.165, 1.54) is 0 Å². The van der Waals surface area contributed by atoms with Crippen LogP contribution in [0.5, 0.6) is 5.75 Å². The minimum atomic E-state index is -0.365. The fourth-order valence-electron chi connectivity index (χ4n) is 1.77. The molecule has 0 aromatic heterocycles. The van der Waals surface area contributed by atoms with Crippen LogP contribution in [0.1, 0.15) is 0 Å². The number of carbonyl (C=O) groups is 1. The van der Waals surface area contributed by atoms with E-state index in [0.717, 1.165) is 0 Å². The normalized spacial score (nSPS) is 20.1. The van der Waals surface area contributed by atoms with Crippen LogP contribution in [-0.2, 0) is 0 Å². The van der Waals surface area contributed by atoms with Gasteiger partial charge in [0.2, 0.25) is 0 Å². The second-order valence-electron chi connectivity index (χ2n) is 3.96. The third kappa shape index (κ3) is 3.18. The lowest BCUT2D eigenvalue weighted by atomic mass is 10.2. The number of nitrogens with zero attached hydrogens (tertiary/aromatic N) is 1. The average molecular weight is 236 g/mol. The van der Waals surface area contributed by atoms with Gasteiger partial charge in [0, 0.05) is 25.7 Å². The van der Waals surface area contributed by atoms with Crippen molar-refractivity contribution in [3.05, 3.63) is 30.3 Å². The molecule has 2 N–H and O–H groups in total. The number of aliphatic hydroxyl groups excluding tert-OH is 1. The Morgan fingerprint density at radius 1 is 1.47 bits per heavy atom. The second-order valence-corrected chi connectivity index (χ2v) is 3.96. The highest BCUT2D eigenvalue weighted by Gasteiger charge is 2.23. The molecule has 0 radical (unpaired) electrons. The van der Waals surface area contributed by atoms with Gasteiger partial charge >= 0.3 is 6.09 Å². The number of para-hydroxylation sites is 1. The molecular formula is C12H16N2O3. The molecule has 1 aliphatic rings. The molecule has 1 saturated heterocycles. The lowest BCUT2D eigenvalue weighted by Gasteiger charge is -2.31. The van der Waals surface area contributed by atoms with Crippen molar-refractivity contribution >= 4 is 6.09 Å². The number of carbonyl (C=O) groups excluding carboxylic acids is 1. The second kappa shape index (κ2) is 5.65. The van der Waals surface area contributed by atoms with E-state index < -0.39 is 0 Å². The Bertz CT molecular complexity index is 369. The minimum absolute atomic E-state index is 0.0229. The number of benzene rings is 1. The summed E-state index contributed by atoms with van der Waals surface area (Å²) in [6.07, 6.45) is -0.365. The van der Waals surface area contributed by atoms with E-state index in [9.17, 15) is 4.79 Å². The standard InChI is InChI=1S/C12H16N2O3/c15-9-10-8-14(7-6-13-10)12(16)17-11-4-2-1-3-5-11/h1-5,10,13,15H,6-9H2. The van der Waals surface area contributed by atoms with Crippen molar-refractivity contribution < 1.29 is 14.6 Å². The van der Waals surface area contributed by atoms with Crippen LogP contribution in [-0.4, -0.2) is 48.4 Å². The first-order valence-electron chi connectivity index (χ1n) is 5.65. The lowest BCUT2D eigenvalue weighted by molar-refractivity contribution is 0.120. The Balaban J connectivity index is 1.91. The van der Waals surface area contributed by atoms with Crippen LogP contribution < -0.4 is 10.1 Å². The van der Waals surface area contributed by atoms with Crippen LogP contribution in [0.2, 0.25) is 0 Å². The molecule has 1 atom stereocenters. The van der Waals surface area contributed by atoms with E-state index in [1.807, 2.05) is 18.2 Å². The summed E-state index contributed by atoms with van der Waals surface area (Å²) in [7, 11) is 0. The first-order valence-corrected chi connectivity index (χ1v) is 5.65. The predicted octanol–water partition coefficient (Wildman–Crippen LogP) is 0.451. The Kier molecular flexibility index (Phi) is 3.95. The average Bonchev–Trinajstić information content (AvgIpc) is 2.40. The van der Waals surface area contributed by atoms with E-state index >= 15 is 0 Å². The van der Waals surface area contributed by atoms with Gasteiger partial charge in [-0.1, -0.05) is 18.2 Å². The third-order valence-corrected chi connectivity index (χ3v) is 2.68. The molecular weight excluding hydrogens is 220 g/mol. The van der Waals surface area contributed by atoms with Crippen LogP contribution >= 0.6 is 0 Å². The summed E-state index contributed by atoms with van der Waals surface area (Å²) in [5, 5.41) is 12.2. The van der Waals surface area contributed by atoms with Gasteiger partial charge in [-0.05, 0) is 12.1 Å². The molecule has 5 nitrogen and oxygen atoms in total. The molecule has 1 heterocycles. The predicted molar refractivity (Wildman–Crippen MR) is 62.9 cm³/mol. The molecule has 0 aliphatic carbocycles. The number of hydrogen-bond acceptors (Lipinski definition) is 4. The Morgan fingerprint density at radius 3 is 2.94 bits per heavy atom. The van der Waals surface area contributed by atoms with Gasteiger partial charge in [-0.15, -0.1) is 0 Å². The number of amides is 1. The zero-order valence-corrected chi connectivity index (χ0v) is 9.50. The molecule has 1 aliphatic heterocycles. The molecule has 1 unspecified atom stereocenters. The Labute approximate surface area is 100.0 Å². The first kappa shape index (κ1) is 11.9. The topological polar surface area (TPSA) is 61.8 Å². The maximum absolute atomic E-state index is 11.8. The van der Waals surface area contributed by atoms with Crippen molar-refractivity contribution in [1.82, 2.24) is 10.2 Å². The quantitative estimate of drug-likeness (QED) is 0.782. The smallest absolute Gasteiger partial charge is 0.410 e. The molecule has 0 bridgehead atoms. The zero-order chi connectivity index (χ0) is 12.1. The first-order chi connectivity index (χ1) is 8.29. The van der Waals surface area contributed by atoms with Gasteiger partial charge in [0.1, 0.15) is 5.75 Å². The zero-order valence-electron chi connectivity index (χ0n) is 9.50. The van der Waals surface area contributed by atoms with Crippen molar-refractivity contribution in [3.63, 3.8) is 0 Å². The fraction of sp³-hybridized carbons (Fsp3) is 0.417. The van der Waals surface area contributed by atoms with Crippen LogP contribution in [0.3, 0.4) is 0 Å². The lowest BCUT2D eigenvalue weighted by Crippen LogP contribution is -2.54. The molecule has 1 aromatic carbocycles. The molecule has 5 heteroatoms. The monoisotopic (exact) mass is 236 g/mol. The van der Waals surface area contributed by atoms with E-state index in [0.29, 0.717) is 25.4 Å². The van der Waals surface area contributed by atoms with Gasteiger partial charge in [0.05, 0.1) is 6.61 Å². The number of piperazine rings is 1. The highest BCUT2D eigenvalue weighted by Crippen LogP contribution is 2.11. The molecule has 1 aromatic rings. The maximum Gasteiger partial charge on any atom is 0.415 e. The number of aliphatic hydroxyl groups is 1. The summed E-state index contributed by atoms with van der Waals surface area (Å²) in [5.74, 6) is 0.539. The maximum atomic E-state index is 11.8. The van der Waals surface area contributed by atoms with Gasteiger partial charge in [-0.2, -0.15) is 0 Å². The van der Waals surface area contributed by atoms with Crippen LogP contribution in [0.15, 0.2) is 30.3 Å². The highest BCUT2D eigenvalue weighted by molar-refractivity contribution is 5.70. The van der Waals surface area contributed by atoms with Gasteiger partial charge in [0.25, 0.3) is 0 Å². The summed E-state index contributed by atoms with van der Waals surface area (Å²) in [6.45, 7) is 1.77. The SMILES string of the molecule is O=C(Oc1ccccc1)N1CCNC(CO)C1. The van der Waals surface area contributed by atoms with E-state index in [1.54, 1.807) is 17.0 Å². The fourth-order valence-corrected chi connectivity index (χ4v) is 1.77. The van der Waals surface area contributed by atoms with Crippen molar-refractivity contribution in [1.29, 1.82) is 0 Å². The molecule has 0 spiro atoms. The van der Waals surface area contributed by atoms with Gasteiger partial charge in [-0.25, -0.2) is 4.79 Å². The molecule has 1 fully saturated rings. The van der Waals surface area contributed by atoms with Crippen molar-refractivity contribution in [3.8, 4) is 5.75 Å². The molecule has 2 rings (SSSR count). The molecule has 17 heavy (non-hydrogen) atoms. The van der Waals surface area contributed by atoms with E-state index in [2.05, 4.69) is 5.32 Å². The number of ether oxygens (including phenoxy) is 1. The summed E-state index contributed by atoms with van der Waals surface area (Å²) in [4.78, 5) is 13.4. The highest BCUT2D eigenvalue weighted by atomic mass is 16.6. The molecule has 92 valence electrons. The van der Waals surface area contributed by atoms with E-state index in [4.69, 9.17) is 9.84 Å². The number of rotatable bonds is 2. The van der Waals surface area contributed by atoms with Gasteiger partial charge < -0.3 is 20.1 Å². The molecule has 0 saturated carbocycles. The van der Waals surface area contributed by atoms with Crippen molar-refractivity contribution in [2.24, 2.45) is 0 Å². The Hall–Kier alpha value is -1.59. The summed E-state index contributed by atoms with van der Waals surface area (Å²) in [5.41, 5.74) is 0. The number of nitrogens with one attached hydrogen (secondary N) is 1.